The fourth-order valence-electron chi connectivity index (χ4n) is 4.96. The normalized spacial score (nSPS) is 16.2. The summed E-state index contributed by atoms with van der Waals surface area (Å²) in [6.07, 6.45) is 3.34. The van der Waals surface area contributed by atoms with Crippen molar-refractivity contribution in [2.24, 2.45) is 0 Å². The minimum absolute atomic E-state index is 0.0842. The van der Waals surface area contributed by atoms with Crippen molar-refractivity contribution < 1.29 is 18.8 Å². The zero-order chi connectivity index (χ0) is 28.3. The largest absolute Gasteiger partial charge is 0.459 e. The second kappa shape index (κ2) is 11.7. The van der Waals surface area contributed by atoms with E-state index in [0.717, 1.165) is 21.7 Å². The summed E-state index contributed by atoms with van der Waals surface area (Å²) in [7, 11) is 0. The number of para-hydroxylation sites is 1. The molecule has 0 N–H and O–H groups in total. The number of anilines is 1. The van der Waals surface area contributed by atoms with Crippen LogP contribution in [0.15, 0.2) is 105 Å². The molecule has 0 aliphatic carbocycles. The summed E-state index contributed by atoms with van der Waals surface area (Å²) in [6.45, 7) is 2.19. The number of halogens is 1. The van der Waals surface area contributed by atoms with Gasteiger partial charge in [-0.05, 0) is 65.7 Å². The van der Waals surface area contributed by atoms with Crippen LogP contribution in [0, 0.1) is 0 Å². The summed E-state index contributed by atoms with van der Waals surface area (Å²) >= 11 is 7.63. The molecule has 3 amide bonds. The molecular weight excluding hydrogens is 558 g/mol. The van der Waals surface area contributed by atoms with E-state index in [9.17, 15) is 14.4 Å². The lowest BCUT2D eigenvalue weighted by Gasteiger charge is -2.34. The van der Waals surface area contributed by atoms with Gasteiger partial charge in [0.05, 0.1) is 23.4 Å². The number of carbonyl (C=O) groups excluding carboxylic acids is 3. The number of thioether (sulfide) groups is 1. The molecule has 3 aromatic carbocycles. The Balaban J connectivity index is 1.15. The van der Waals surface area contributed by atoms with Crippen LogP contribution in [-0.2, 0) is 11.3 Å². The zero-order valence-corrected chi connectivity index (χ0v) is 23.6. The molecule has 3 heterocycles. The van der Waals surface area contributed by atoms with Crippen LogP contribution in [0.3, 0.4) is 0 Å². The summed E-state index contributed by atoms with van der Waals surface area (Å²) in [5.74, 6) is -0.0293. The van der Waals surface area contributed by atoms with Gasteiger partial charge in [-0.1, -0.05) is 59.8 Å². The number of hydrogen-bond acceptors (Lipinski definition) is 5. The number of amides is 3. The van der Waals surface area contributed by atoms with Gasteiger partial charge in [0.15, 0.2) is 5.76 Å². The van der Waals surface area contributed by atoms with Crippen LogP contribution in [0.1, 0.15) is 32.0 Å². The third-order valence-electron chi connectivity index (χ3n) is 7.10. The molecular formula is C32H26ClN3O4S. The van der Waals surface area contributed by atoms with Crippen molar-refractivity contribution in [3.8, 4) is 0 Å². The molecule has 2 aliphatic heterocycles. The van der Waals surface area contributed by atoms with Gasteiger partial charge in [-0.3, -0.25) is 14.4 Å². The van der Waals surface area contributed by atoms with E-state index in [1.54, 1.807) is 39.0 Å². The fourth-order valence-corrected chi connectivity index (χ4v) is 6.23. The van der Waals surface area contributed by atoms with E-state index in [-0.39, 0.29) is 17.7 Å². The average Bonchev–Trinajstić information content (AvgIpc) is 3.54. The van der Waals surface area contributed by atoms with Gasteiger partial charge in [0.2, 0.25) is 0 Å². The van der Waals surface area contributed by atoms with Crippen molar-refractivity contribution in [2.45, 2.75) is 11.4 Å². The van der Waals surface area contributed by atoms with Crippen LogP contribution >= 0.6 is 23.4 Å². The molecule has 0 radical (unpaired) electrons. The summed E-state index contributed by atoms with van der Waals surface area (Å²) in [6, 6.07) is 26.0. The monoisotopic (exact) mass is 583 g/mol. The van der Waals surface area contributed by atoms with E-state index < -0.39 is 0 Å². The first-order valence-corrected chi connectivity index (χ1v) is 14.4. The van der Waals surface area contributed by atoms with Crippen molar-refractivity contribution in [1.82, 2.24) is 9.80 Å². The maximum absolute atomic E-state index is 13.6. The highest BCUT2D eigenvalue weighted by Crippen LogP contribution is 2.42. The molecule has 1 saturated heterocycles. The van der Waals surface area contributed by atoms with Gasteiger partial charge in [0.25, 0.3) is 17.7 Å². The molecule has 1 fully saturated rings. The van der Waals surface area contributed by atoms with E-state index in [2.05, 4.69) is 0 Å². The second-order valence-corrected chi connectivity index (χ2v) is 11.3. The van der Waals surface area contributed by atoms with E-state index in [1.807, 2.05) is 66.7 Å². The number of benzene rings is 3. The smallest absolute Gasteiger partial charge is 0.289 e. The Morgan fingerprint density at radius 3 is 2.29 bits per heavy atom. The highest BCUT2D eigenvalue weighted by molar-refractivity contribution is 8.04. The highest BCUT2D eigenvalue weighted by atomic mass is 35.5. The summed E-state index contributed by atoms with van der Waals surface area (Å²) in [4.78, 5) is 46.1. The van der Waals surface area contributed by atoms with Gasteiger partial charge in [0.1, 0.15) is 0 Å². The van der Waals surface area contributed by atoms with Crippen molar-refractivity contribution >= 4 is 52.8 Å². The van der Waals surface area contributed by atoms with Gasteiger partial charge in [-0.2, -0.15) is 0 Å². The summed E-state index contributed by atoms with van der Waals surface area (Å²) in [5.41, 5.74) is 3.20. The Bertz CT molecular complexity index is 1630. The van der Waals surface area contributed by atoms with Crippen LogP contribution in [0.25, 0.3) is 6.08 Å². The number of nitrogens with zero attached hydrogens (tertiary/aromatic N) is 3. The van der Waals surface area contributed by atoms with Gasteiger partial charge >= 0.3 is 0 Å². The topological polar surface area (TPSA) is 74.1 Å². The van der Waals surface area contributed by atoms with Crippen molar-refractivity contribution in [2.75, 3.05) is 31.1 Å². The molecule has 0 bridgehead atoms. The fraction of sp³-hybridized carbons (Fsp3) is 0.156. The minimum Gasteiger partial charge on any atom is -0.459 e. The Kier molecular flexibility index (Phi) is 7.67. The average molecular weight is 584 g/mol. The molecule has 0 saturated carbocycles. The molecule has 0 spiro atoms. The summed E-state index contributed by atoms with van der Waals surface area (Å²) < 4.78 is 5.21. The van der Waals surface area contributed by atoms with Crippen LogP contribution < -0.4 is 4.90 Å². The lowest BCUT2D eigenvalue weighted by atomic mass is 10.1. The van der Waals surface area contributed by atoms with Crippen LogP contribution in [0.2, 0.25) is 5.02 Å². The third-order valence-corrected chi connectivity index (χ3v) is 8.42. The quantitative estimate of drug-likeness (QED) is 0.261. The molecule has 7 nitrogen and oxygen atoms in total. The Hall–Kier alpha value is -4.27. The Labute approximate surface area is 247 Å². The van der Waals surface area contributed by atoms with E-state index in [0.29, 0.717) is 54.0 Å². The lowest BCUT2D eigenvalue weighted by molar-refractivity contribution is -0.114. The van der Waals surface area contributed by atoms with Crippen molar-refractivity contribution in [1.29, 1.82) is 0 Å². The van der Waals surface area contributed by atoms with E-state index in [1.165, 1.54) is 18.0 Å². The highest BCUT2D eigenvalue weighted by Gasteiger charge is 2.30. The Morgan fingerprint density at radius 2 is 1.59 bits per heavy atom. The van der Waals surface area contributed by atoms with Crippen LogP contribution in [0.4, 0.5) is 5.69 Å². The number of furan rings is 1. The summed E-state index contributed by atoms with van der Waals surface area (Å²) in [5, 5.41) is 0.629. The molecule has 206 valence electrons. The van der Waals surface area contributed by atoms with E-state index >= 15 is 0 Å². The molecule has 1 aromatic heterocycles. The molecule has 4 aromatic rings. The van der Waals surface area contributed by atoms with Crippen molar-refractivity contribution in [3.63, 3.8) is 0 Å². The lowest BCUT2D eigenvalue weighted by Crippen LogP contribution is -2.50. The van der Waals surface area contributed by atoms with Crippen molar-refractivity contribution in [3.05, 3.63) is 124 Å². The Morgan fingerprint density at radius 1 is 0.854 bits per heavy atom. The maximum Gasteiger partial charge on any atom is 0.289 e. The molecule has 41 heavy (non-hydrogen) atoms. The predicted octanol–water partition coefficient (Wildman–Crippen LogP) is 6.21. The third kappa shape index (κ3) is 5.80. The molecule has 2 aliphatic rings. The molecule has 9 heteroatoms. The molecule has 0 atom stereocenters. The van der Waals surface area contributed by atoms with Gasteiger partial charge in [0, 0.05) is 41.7 Å². The number of hydrogen-bond donors (Lipinski definition) is 0. The second-order valence-electron chi connectivity index (χ2n) is 9.78. The number of carbonyl (C=O) groups is 3. The SMILES string of the molecule is O=C(c1ccc(/C=C2/Sc3ccccc3N(Cc3cccc(Cl)c3)C2=O)cc1)N1CCN(C(=O)c2ccco2)CC1. The first kappa shape index (κ1) is 26.9. The van der Waals surface area contributed by atoms with Gasteiger partial charge in [-0.15, -0.1) is 0 Å². The molecule has 6 rings (SSSR count). The van der Waals surface area contributed by atoms with E-state index in [4.69, 9.17) is 16.0 Å². The first-order valence-electron chi connectivity index (χ1n) is 13.2. The standard InChI is InChI=1S/C32H26ClN3O4S/c33-25-6-3-5-23(19-25)21-36-26-7-1-2-9-28(26)41-29(32(36)39)20-22-10-12-24(13-11-22)30(37)34-14-16-35(17-15-34)31(38)27-8-4-18-40-27/h1-13,18-20H,14-17,21H2/b29-20+. The minimum atomic E-state index is -0.164. The number of fused-ring (bicyclic) bond motifs is 1. The van der Waals surface area contributed by atoms with Gasteiger partial charge < -0.3 is 19.1 Å². The number of piperazine rings is 1. The molecule has 0 unspecified atom stereocenters. The zero-order valence-electron chi connectivity index (χ0n) is 22.0. The first-order chi connectivity index (χ1) is 20.0. The van der Waals surface area contributed by atoms with Crippen LogP contribution in [0.5, 0.6) is 0 Å². The van der Waals surface area contributed by atoms with Crippen LogP contribution in [-0.4, -0.2) is 53.7 Å². The maximum atomic E-state index is 13.6. The predicted molar refractivity (Wildman–Crippen MR) is 160 cm³/mol. The number of rotatable bonds is 5. The van der Waals surface area contributed by atoms with Gasteiger partial charge in [-0.25, -0.2) is 0 Å².